The van der Waals surface area contributed by atoms with Gasteiger partial charge in [-0.3, -0.25) is 4.79 Å². The third kappa shape index (κ3) is 2.11. The number of carbonyl (C=O) groups excluding carboxylic acids is 1. The van der Waals surface area contributed by atoms with E-state index in [0.717, 1.165) is 29.5 Å². The number of aliphatic hydroxyl groups is 1. The fourth-order valence-corrected chi connectivity index (χ4v) is 2.93. The molecule has 1 aliphatic carbocycles. The Morgan fingerprint density at radius 1 is 1.44 bits per heavy atom. The number of nitrogens with one attached hydrogen (secondary N) is 1. The Morgan fingerprint density at radius 2 is 2.22 bits per heavy atom. The lowest BCUT2D eigenvalue weighted by Gasteiger charge is -2.36. The highest BCUT2D eigenvalue weighted by Gasteiger charge is 2.34. The molecule has 0 radical (unpaired) electrons. The minimum atomic E-state index is -0.688. The van der Waals surface area contributed by atoms with Gasteiger partial charge >= 0.3 is 0 Å². The average Bonchev–Trinajstić information content (AvgIpc) is 2.77. The number of rotatable bonds is 3. The van der Waals surface area contributed by atoms with Crippen LogP contribution in [0.15, 0.2) is 24.3 Å². The quantitative estimate of drug-likeness (QED) is 0.888. The Kier molecular flexibility index (Phi) is 2.80. The van der Waals surface area contributed by atoms with Crippen molar-refractivity contribution in [2.24, 2.45) is 0 Å². The number of nitrogens with zero attached hydrogens (tertiary/aromatic N) is 1. The van der Waals surface area contributed by atoms with Gasteiger partial charge in [0.1, 0.15) is 0 Å². The molecule has 3 rings (SSSR count). The Balaban J connectivity index is 1.71. The van der Waals surface area contributed by atoms with Gasteiger partial charge in [-0.25, -0.2) is 4.98 Å². The fraction of sp³-hybridized carbons (Fsp3) is 0.385. The first-order chi connectivity index (χ1) is 8.66. The van der Waals surface area contributed by atoms with Crippen LogP contribution in [0, 0.1) is 0 Å². The lowest BCUT2D eigenvalue weighted by Crippen LogP contribution is -2.47. The van der Waals surface area contributed by atoms with Crippen LogP contribution < -0.4 is 5.32 Å². The highest BCUT2D eigenvalue weighted by atomic mass is 32.1. The average molecular weight is 262 g/mol. The van der Waals surface area contributed by atoms with Crippen molar-refractivity contribution in [2.75, 3.05) is 6.54 Å². The van der Waals surface area contributed by atoms with Crippen LogP contribution in [0.4, 0.5) is 0 Å². The largest absolute Gasteiger partial charge is 0.388 e. The number of hydrogen-bond acceptors (Lipinski definition) is 4. The number of aromatic nitrogens is 1. The summed E-state index contributed by atoms with van der Waals surface area (Å²) in [5.41, 5.74) is 0.154. The van der Waals surface area contributed by atoms with Crippen LogP contribution in [-0.4, -0.2) is 28.1 Å². The second kappa shape index (κ2) is 4.33. The van der Waals surface area contributed by atoms with Gasteiger partial charge in [0, 0.05) is 6.54 Å². The van der Waals surface area contributed by atoms with Crippen molar-refractivity contribution in [1.29, 1.82) is 0 Å². The number of thiazole rings is 1. The van der Waals surface area contributed by atoms with Crippen molar-refractivity contribution in [3.8, 4) is 0 Å². The van der Waals surface area contributed by atoms with Crippen molar-refractivity contribution >= 4 is 27.5 Å². The highest BCUT2D eigenvalue weighted by molar-refractivity contribution is 7.20. The molecule has 5 heteroatoms. The SMILES string of the molecule is O=C(NCC1(O)CCC1)c1nc2ccccc2s1. The summed E-state index contributed by atoms with van der Waals surface area (Å²) in [6.07, 6.45) is 2.58. The van der Waals surface area contributed by atoms with Gasteiger partial charge < -0.3 is 10.4 Å². The predicted molar refractivity (Wildman–Crippen MR) is 70.8 cm³/mol. The van der Waals surface area contributed by atoms with Crippen LogP contribution in [0.2, 0.25) is 0 Å². The molecule has 1 amide bonds. The van der Waals surface area contributed by atoms with Crippen molar-refractivity contribution in [3.05, 3.63) is 29.3 Å². The molecule has 4 nitrogen and oxygen atoms in total. The lowest BCUT2D eigenvalue weighted by atomic mass is 9.80. The topological polar surface area (TPSA) is 62.2 Å². The second-order valence-electron chi connectivity index (χ2n) is 4.75. The predicted octanol–water partition coefficient (Wildman–Crippen LogP) is 1.94. The van der Waals surface area contributed by atoms with Gasteiger partial charge in [-0.15, -0.1) is 11.3 Å². The number of para-hydroxylation sites is 1. The molecule has 1 aromatic heterocycles. The molecule has 0 aliphatic heterocycles. The maximum absolute atomic E-state index is 11.9. The summed E-state index contributed by atoms with van der Waals surface area (Å²) >= 11 is 1.38. The van der Waals surface area contributed by atoms with E-state index >= 15 is 0 Å². The van der Waals surface area contributed by atoms with Gasteiger partial charge in [0.05, 0.1) is 15.8 Å². The summed E-state index contributed by atoms with van der Waals surface area (Å²) in [5.74, 6) is -0.198. The lowest BCUT2D eigenvalue weighted by molar-refractivity contribution is -0.0300. The first-order valence-electron chi connectivity index (χ1n) is 6.02. The summed E-state index contributed by atoms with van der Waals surface area (Å²) in [7, 11) is 0. The smallest absolute Gasteiger partial charge is 0.280 e. The van der Waals surface area contributed by atoms with E-state index in [4.69, 9.17) is 0 Å². The van der Waals surface area contributed by atoms with Crippen LogP contribution in [0.5, 0.6) is 0 Å². The van der Waals surface area contributed by atoms with Gasteiger partial charge in [0.2, 0.25) is 0 Å². The Bertz CT molecular complexity index is 556. The molecule has 1 fully saturated rings. The normalized spacial score (nSPS) is 17.4. The fourth-order valence-electron chi connectivity index (χ4n) is 2.05. The monoisotopic (exact) mass is 262 g/mol. The van der Waals surface area contributed by atoms with Crippen LogP contribution >= 0.6 is 11.3 Å². The van der Waals surface area contributed by atoms with E-state index in [1.165, 1.54) is 11.3 Å². The maximum atomic E-state index is 11.9. The zero-order valence-corrected chi connectivity index (χ0v) is 10.7. The van der Waals surface area contributed by atoms with Gasteiger partial charge in [-0.05, 0) is 31.4 Å². The summed E-state index contributed by atoms with van der Waals surface area (Å²) in [6, 6.07) is 7.67. The van der Waals surface area contributed by atoms with Crippen molar-refractivity contribution in [3.63, 3.8) is 0 Å². The molecule has 1 aromatic carbocycles. The molecule has 1 heterocycles. The molecular weight excluding hydrogens is 248 g/mol. The summed E-state index contributed by atoms with van der Waals surface area (Å²) < 4.78 is 1.00. The zero-order chi connectivity index (χ0) is 12.6. The van der Waals surface area contributed by atoms with E-state index in [1.54, 1.807) is 0 Å². The standard InChI is InChI=1S/C13H14N2O2S/c16-11(14-8-13(17)6-3-7-13)12-15-9-4-1-2-5-10(9)18-12/h1-2,4-5,17H,3,6-8H2,(H,14,16). The molecule has 2 N–H and O–H groups in total. The van der Waals surface area contributed by atoms with Gasteiger partial charge in [0.15, 0.2) is 5.01 Å². The van der Waals surface area contributed by atoms with E-state index in [2.05, 4.69) is 10.3 Å². The molecular formula is C13H14N2O2S. The molecule has 18 heavy (non-hydrogen) atoms. The van der Waals surface area contributed by atoms with Crippen molar-refractivity contribution in [1.82, 2.24) is 10.3 Å². The number of fused-ring (bicyclic) bond motifs is 1. The van der Waals surface area contributed by atoms with E-state index in [9.17, 15) is 9.90 Å². The van der Waals surface area contributed by atoms with E-state index < -0.39 is 5.60 Å². The molecule has 1 aliphatic rings. The summed E-state index contributed by atoms with van der Waals surface area (Å²) in [4.78, 5) is 16.2. The van der Waals surface area contributed by atoms with Gasteiger partial charge in [-0.1, -0.05) is 12.1 Å². The minimum Gasteiger partial charge on any atom is -0.388 e. The Labute approximate surface area is 109 Å². The number of hydrogen-bond donors (Lipinski definition) is 2. The second-order valence-corrected chi connectivity index (χ2v) is 5.78. The van der Waals surface area contributed by atoms with E-state index in [0.29, 0.717) is 11.6 Å². The first kappa shape index (κ1) is 11.6. The van der Waals surface area contributed by atoms with Gasteiger partial charge in [0.25, 0.3) is 5.91 Å². The number of amides is 1. The number of carbonyl (C=O) groups is 1. The molecule has 0 bridgehead atoms. The third-order valence-electron chi connectivity index (χ3n) is 3.35. The van der Waals surface area contributed by atoms with E-state index in [-0.39, 0.29) is 5.91 Å². The molecule has 2 aromatic rings. The highest BCUT2D eigenvalue weighted by Crippen LogP contribution is 2.30. The molecule has 1 saturated carbocycles. The van der Waals surface area contributed by atoms with Crippen LogP contribution in [-0.2, 0) is 0 Å². The molecule has 0 spiro atoms. The minimum absolute atomic E-state index is 0.198. The summed E-state index contributed by atoms with van der Waals surface area (Å²) in [5, 5.41) is 13.1. The first-order valence-corrected chi connectivity index (χ1v) is 6.84. The third-order valence-corrected chi connectivity index (χ3v) is 4.39. The van der Waals surface area contributed by atoms with Crippen molar-refractivity contribution < 1.29 is 9.90 Å². The summed E-state index contributed by atoms with van der Waals surface area (Å²) in [6.45, 7) is 0.321. The molecule has 94 valence electrons. The van der Waals surface area contributed by atoms with Crippen LogP contribution in [0.25, 0.3) is 10.2 Å². The Hall–Kier alpha value is -1.46. The molecule has 0 saturated heterocycles. The zero-order valence-electron chi connectivity index (χ0n) is 9.85. The van der Waals surface area contributed by atoms with Crippen LogP contribution in [0.1, 0.15) is 29.1 Å². The van der Waals surface area contributed by atoms with Gasteiger partial charge in [-0.2, -0.15) is 0 Å². The Morgan fingerprint density at radius 3 is 2.89 bits per heavy atom. The molecule has 0 unspecified atom stereocenters. The van der Waals surface area contributed by atoms with Crippen LogP contribution in [0.3, 0.4) is 0 Å². The maximum Gasteiger partial charge on any atom is 0.280 e. The molecule has 0 atom stereocenters. The van der Waals surface area contributed by atoms with E-state index in [1.807, 2.05) is 24.3 Å². The number of benzene rings is 1. The van der Waals surface area contributed by atoms with Crippen molar-refractivity contribution in [2.45, 2.75) is 24.9 Å².